The Bertz CT molecular complexity index is 808. The van der Waals surface area contributed by atoms with Gasteiger partial charge in [0.2, 0.25) is 5.91 Å². The smallest absolute Gasteiger partial charge is 0.225 e. The van der Waals surface area contributed by atoms with Crippen molar-refractivity contribution in [3.63, 3.8) is 0 Å². The van der Waals surface area contributed by atoms with Crippen LogP contribution in [0.5, 0.6) is 0 Å². The van der Waals surface area contributed by atoms with Gasteiger partial charge in [0.05, 0.1) is 17.4 Å². The molecule has 1 aromatic heterocycles. The fourth-order valence-corrected chi connectivity index (χ4v) is 3.10. The molecule has 24 heavy (non-hydrogen) atoms. The molecule has 7 heteroatoms. The summed E-state index contributed by atoms with van der Waals surface area (Å²) in [6, 6.07) is 6.21. The molecule has 0 spiro atoms. The number of hydrogen-bond donors (Lipinski definition) is 1. The van der Waals surface area contributed by atoms with Crippen molar-refractivity contribution in [3.8, 4) is 0 Å². The summed E-state index contributed by atoms with van der Waals surface area (Å²) in [6.45, 7) is 4.06. The molecule has 0 radical (unpaired) electrons. The predicted molar refractivity (Wildman–Crippen MR) is 92.2 cm³/mol. The van der Waals surface area contributed by atoms with Crippen LogP contribution >= 0.6 is 0 Å². The average Bonchev–Trinajstić information content (AvgIpc) is 2.90. The molecular weight excluding hydrogens is 326 g/mol. The van der Waals surface area contributed by atoms with E-state index in [2.05, 4.69) is 10.3 Å². The number of rotatable bonds is 6. The summed E-state index contributed by atoms with van der Waals surface area (Å²) in [5, 5.41) is 3.01. The zero-order chi connectivity index (χ0) is 17.9. The van der Waals surface area contributed by atoms with Crippen molar-refractivity contribution in [2.45, 2.75) is 31.2 Å². The second kappa shape index (κ2) is 7.17. The van der Waals surface area contributed by atoms with Crippen molar-refractivity contribution in [1.82, 2.24) is 14.9 Å². The van der Waals surface area contributed by atoms with Gasteiger partial charge >= 0.3 is 0 Å². The average molecular weight is 349 g/mol. The maximum absolute atomic E-state index is 12.3. The number of aryl methyl sites for hydroxylation is 1. The highest BCUT2D eigenvalue weighted by Gasteiger charge is 2.22. The van der Waals surface area contributed by atoms with Crippen molar-refractivity contribution >= 4 is 15.7 Å². The van der Waals surface area contributed by atoms with E-state index in [0.717, 1.165) is 17.6 Å². The van der Waals surface area contributed by atoms with Crippen LogP contribution in [0.2, 0.25) is 0 Å². The monoisotopic (exact) mass is 349 g/mol. The van der Waals surface area contributed by atoms with Crippen LogP contribution in [-0.4, -0.2) is 30.1 Å². The van der Waals surface area contributed by atoms with E-state index in [-0.39, 0.29) is 29.2 Å². The molecule has 0 saturated carbocycles. The maximum Gasteiger partial charge on any atom is 0.225 e. The largest absolute Gasteiger partial charge is 0.346 e. The number of hydrogen-bond acceptors (Lipinski definition) is 4. The number of imidazole rings is 1. The van der Waals surface area contributed by atoms with Crippen molar-refractivity contribution in [1.29, 1.82) is 0 Å². The van der Waals surface area contributed by atoms with Gasteiger partial charge in [-0.2, -0.15) is 0 Å². The zero-order valence-electron chi connectivity index (χ0n) is 14.4. The Hall–Kier alpha value is -2.15. The van der Waals surface area contributed by atoms with Crippen LogP contribution in [0.25, 0.3) is 0 Å². The third kappa shape index (κ3) is 4.44. The first kappa shape index (κ1) is 18.2. The molecule has 0 aliphatic carbocycles. The minimum atomic E-state index is -3.22. The lowest BCUT2D eigenvalue weighted by Gasteiger charge is -2.22. The summed E-state index contributed by atoms with van der Waals surface area (Å²) in [7, 11) is -1.33. The van der Waals surface area contributed by atoms with Crippen LogP contribution < -0.4 is 5.32 Å². The fraction of sp³-hybridized carbons (Fsp3) is 0.412. The van der Waals surface area contributed by atoms with Gasteiger partial charge in [0.25, 0.3) is 0 Å². The van der Waals surface area contributed by atoms with Gasteiger partial charge in [0.15, 0.2) is 9.84 Å². The van der Waals surface area contributed by atoms with Gasteiger partial charge in [0, 0.05) is 25.7 Å². The van der Waals surface area contributed by atoms with Crippen molar-refractivity contribution in [3.05, 3.63) is 48.0 Å². The molecule has 0 bridgehead atoms. The quantitative estimate of drug-likeness (QED) is 0.863. The number of benzene rings is 1. The van der Waals surface area contributed by atoms with Crippen molar-refractivity contribution < 1.29 is 13.2 Å². The summed E-state index contributed by atoms with van der Waals surface area (Å²) in [5.74, 6) is 0.886. The van der Waals surface area contributed by atoms with Crippen molar-refractivity contribution in [2.75, 3.05) is 6.26 Å². The van der Waals surface area contributed by atoms with E-state index in [1.165, 1.54) is 12.1 Å². The lowest BCUT2D eigenvalue weighted by atomic mass is 10.0. The van der Waals surface area contributed by atoms with E-state index < -0.39 is 9.84 Å². The lowest BCUT2D eigenvalue weighted by molar-refractivity contribution is -0.121. The summed E-state index contributed by atoms with van der Waals surface area (Å²) in [5.41, 5.74) is 0.766. The first-order valence-corrected chi connectivity index (χ1v) is 9.63. The highest BCUT2D eigenvalue weighted by Crippen LogP contribution is 2.20. The normalized spacial score (nSPS) is 13.0. The molecule has 0 unspecified atom stereocenters. The number of carbonyl (C=O) groups excluding carboxylic acids is 1. The Morgan fingerprint density at radius 1 is 1.25 bits per heavy atom. The molecule has 2 rings (SSSR count). The summed E-state index contributed by atoms with van der Waals surface area (Å²) < 4.78 is 24.8. The lowest BCUT2D eigenvalue weighted by Crippen LogP contribution is -2.34. The molecule has 2 aromatic rings. The Morgan fingerprint density at radius 3 is 2.33 bits per heavy atom. The van der Waals surface area contributed by atoms with Gasteiger partial charge in [-0.1, -0.05) is 26.0 Å². The molecule has 0 saturated heterocycles. The molecule has 6 nitrogen and oxygen atoms in total. The Kier molecular flexibility index (Phi) is 5.43. The van der Waals surface area contributed by atoms with Crippen LogP contribution in [0, 0.1) is 5.92 Å². The minimum absolute atomic E-state index is 0.121. The van der Waals surface area contributed by atoms with Crippen LogP contribution in [0.15, 0.2) is 41.6 Å². The van der Waals surface area contributed by atoms with E-state index in [1.807, 2.05) is 31.7 Å². The fourth-order valence-electron chi connectivity index (χ4n) is 2.47. The zero-order valence-corrected chi connectivity index (χ0v) is 15.2. The number of amides is 1. The number of carbonyl (C=O) groups is 1. The molecule has 1 N–H and O–H groups in total. The van der Waals surface area contributed by atoms with Crippen LogP contribution in [0.4, 0.5) is 0 Å². The first-order valence-electron chi connectivity index (χ1n) is 7.74. The van der Waals surface area contributed by atoms with Gasteiger partial charge in [-0.05, 0) is 23.6 Å². The molecule has 0 aliphatic heterocycles. The highest BCUT2D eigenvalue weighted by atomic mass is 32.2. The van der Waals surface area contributed by atoms with Crippen LogP contribution in [0.1, 0.15) is 31.3 Å². The minimum Gasteiger partial charge on any atom is -0.346 e. The number of nitrogens with one attached hydrogen (secondary N) is 1. The van der Waals surface area contributed by atoms with Crippen molar-refractivity contribution in [2.24, 2.45) is 13.0 Å². The van der Waals surface area contributed by atoms with E-state index >= 15 is 0 Å². The predicted octanol–water partition coefficient (Wildman–Crippen LogP) is 1.88. The standard InChI is InChI=1S/C17H23N3O3S/c1-12(2)16(17-18-9-10-20(17)3)19-15(21)11-13-5-7-14(8-6-13)24(4,22)23/h5-10,12,16H,11H2,1-4H3,(H,19,21)/t16-/m0/s1. The SMILES string of the molecule is CC(C)[C@H](NC(=O)Cc1ccc(S(C)(=O)=O)cc1)c1nccn1C. The Morgan fingerprint density at radius 2 is 1.88 bits per heavy atom. The third-order valence-electron chi connectivity index (χ3n) is 3.84. The number of sulfone groups is 1. The van der Waals surface area contributed by atoms with Crippen LogP contribution in [-0.2, 0) is 28.1 Å². The Labute approximate surface area is 142 Å². The Balaban J connectivity index is 2.08. The van der Waals surface area contributed by atoms with Gasteiger partial charge in [-0.25, -0.2) is 13.4 Å². The molecule has 130 valence electrons. The molecule has 1 heterocycles. The van der Waals surface area contributed by atoms with E-state index in [1.54, 1.807) is 18.3 Å². The molecule has 0 fully saturated rings. The first-order chi connectivity index (χ1) is 11.2. The molecular formula is C17H23N3O3S. The summed E-state index contributed by atoms with van der Waals surface area (Å²) >= 11 is 0. The molecule has 0 aliphatic rings. The molecule has 1 aromatic carbocycles. The highest BCUT2D eigenvalue weighted by molar-refractivity contribution is 7.90. The number of aromatic nitrogens is 2. The number of nitrogens with zero attached hydrogens (tertiary/aromatic N) is 2. The molecule has 1 atom stereocenters. The second-order valence-corrected chi connectivity index (χ2v) is 8.29. The van der Waals surface area contributed by atoms with Gasteiger partial charge in [0.1, 0.15) is 5.82 Å². The third-order valence-corrected chi connectivity index (χ3v) is 4.96. The molecule has 1 amide bonds. The summed E-state index contributed by atoms with van der Waals surface area (Å²) in [6.07, 6.45) is 4.91. The van der Waals surface area contributed by atoms with Crippen LogP contribution in [0.3, 0.4) is 0 Å². The van der Waals surface area contributed by atoms with E-state index in [9.17, 15) is 13.2 Å². The van der Waals surface area contributed by atoms with E-state index in [0.29, 0.717) is 0 Å². The summed E-state index contributed by atoms with van der Waals surface area (Å²) in [4.78, 5) is 16.9. The van der Waals surface area contributed by atoms with Gasteiger partial charge in [-0.3, -0.25) is 4.79 Å². The van der Waals surface area contributed by atoms with Gasteiger partial charge < -0.3 is 9.88 Å². The second-order valence-electron chi connectivity index (χ2n) is 6.28. The topological polar surface area (TPSA) is 81.1 Å². The maximum atomic E-state index is 12.3. The van der Waals surface area contributed by atoms with Gasteiger partial charge in [-0.15, -0.1) is 0 Å². The van der Waals surface area contributed by atoms with E-state index in [4.69, 9.17) is 0 Å².